The van der Waals surface area contributed by atoms with Gasteiger partial charge >= 0.3 is 36.0 Å². The number of rotatable bonds is 35. The summed E-state index contributed by atoms with van der Waals surface area (Å²) in [4.78, 5) is 241. The Morgan fingerprint density at radius 3 is 1.21 bits per heavy atom. The van der Waals surface area contributed by atoms with Gasteiger partial charge in [-0.2, -0.15) is 0 Å². The maximum Gasteiger partial charge on any atom is 0.331 e. The fraction of sp³-hybridized carbons (Fsp3) is 0.737. The highest BCUT2D eigenvalue weighted by Gasteiger charge is 2.75. The van der Waals surface area contributed by atoms with Gasteiger partial charge in [0.15, 0.2) is 0 Å². The first kappa shape index (κ1) is 114. The molecule has 8 fully saturated rings. The lowest BCUT2D eigenvalue weighted by molar-refractivity contribution is -0.161. The van der Waals surface area contributed by atoms with Crippen molar-refractivity contribution in [2.75, 3.05) is 26.2 Å². The van der Waals surface area contributed by atoms with Crippen LogP contribution in [-0.2, 0) is 92.7 Å². The summed E-state index contributed by atoms with van der Waals surface area (Å²) < 4.78 is 15.2. The molecule has 0 spiro atoms. The second-order valence-corrected chi connectivity index (χ2v) is 49.1. The zero-order valence-electron chi connectivity index (χ0n) is 85.6. The third-order valence-electron chi connectivity index (χ3n) is 27.0. The molecule has 9 rings (SSSR count). The van der Waals surface area contributed by atoms with Gasteiger partial charge in [0, 0.05) is 38.0 Å². The van der Waals surface area contributed by atoms with Gasteiger partial charge in [0.2, 0.25) is 52.8 Å². The summed E-state index contributed by atoms with van der Waals surface area (Å²) in [6, 6.07) is -4.38. The Balaban J connectivity index is 0.000000281. The van der Waals surface area contributed by atoms with Gasteiger partial charge in [0.1, 0.15) is 76.0 Å². The number of esters is 3. The molecule has 0 bridgehead atoms. The number of urea groups is 3. The van der Waals surface area contributed by atoms with Crippen LogP contribution in [0, 0.1) is 85.2 Å². The highest BCUT2D eigenvalue weighted by Crippen LogP contribution is 2.67. The van der Waals surface area contributed by atoms with Crippen LogP contribution in [0.4, 0.5) is 14.4 Å². The highest BCUT2D eigenvalue weighted by atomic mass is 35.5. The van der Waals surface area contributed by atoms with Gasteiger partial charge in [-0.3, -0.25) is 57.5 Å². The molecule has 0 aromatic heterocycles. The lowest BCUT2D eigenvalue weighted by atomic mass is 9.80. The molecule has 5 saturated carbocycles. The minimum absolute atomic E-state index is 0.0466. The lowest BCUT2D eigenvalue weighted by Crippen LogP contribution is -2.63. The van der Waals surface area contributed by atoms with Crippen LogP contribution in [0.2, 0.25) is 0 Å². The number of nitrogens with two attached hydrogens (primary N) is 2. The zero-order chi connectivity index (χ0) is 104. The zero-order valence-corrected chi connectivity index (χ0v) is 87.1. The number of Topliss-reactive ketones (excluding diaryl/α,β-unsaturated/α-hetero) is 3. The van der Waals surface area contributed by atoms with Gasteiger partial charge in [0.05, 0.1) is 18.1 Å². The van der Waals surface area contributed by atoms with Crippen molar-refractivity contribution in [1.29, 1.82) is 0 Å². The van der Waals surface area contributed by atoms with Gasteiger partial charge in [-0.15, -0.1) is 29.8 Å². The van der Waals surface area contributed by atoms with Crippen molar-refractivity contribution < 1.29 is 101 Å². The number of hydrogen-bond donors (Lipinski definition) is 12. The summed E-state index contributed by atoms with van der Waals surface area (Å²) in [7, 11) is 0. The molecule has 3 aliphatic heterocycles. The van der Waals surface area contributed by atoms with E-state index in [0.717, 1.165) is 37.7 Å². The SMILES string of the molecule is C=CCNC(=O)C(=O)C(CCC)NC(=O)[C@@H]1[C@@H]2[C@H](CN1C(=O)[C@@H](NC(=O)N[C@H](C(=O)OC(C)(C)C)C(C)(C)C)C(C)(C)C)C2(C)C.CC(C)(C)C[C@H](NC(=O)N[C@H](C(=O)N1C[C@H]2[C@@H]([C@H]1C(=O)NC(CC1CCC1)C(=O)C(N)=O)C2(C)C)C(C)(C)C)C(=O)OCc1ccccc1.CC(C)(C)OC(=O)C(C)(C)NC(=O)N[C@H](C(=O)N1C[C@H]2[C@@H]([C@H]1C(=O)NC(CC1CC1)C(=O)C(N)=O)C2(Cl)Cl)C(C)(C)C. The van der Waals surface area contributed by atoms with Crippen LogP contribution in [0.15, 0.2) is 43.0 Å². The number of carbonyl (C=O) groups is 18. The molecule has 1 aromatic rings. The summed E-state index contributed by atoms with van der Waals surface area (Å²) in [5.41, 5.74) is 4.59. The number of ether oxygens (including phenoxy) is 3. The number of nitrogens with one attached hydrogen (secondary N) is 10. The maximum absolute atomic E-state index is 14.4. The van der Waals surface area contributed by atoms with Crippen molar-refractivity contribution in [3.05, 3.63) is 48.6 Å². The Hall–Kier alpha value is -10.0. The topological polar surface area (TPSA) is 517 Å². The number of alkyl halides is 2. The van der Waals surface area contributed by atoms with Crippen LogP contribution >= 0.6 is 23.2 Å². The predicted molar refractivity (Wildman–Crippen MR) is 514 cm³/mol. The summed E-state index contributed by atoms with van der Waals surface area (Å²) in [6.07, 6.45) is 7.71. The molecule has 3 unspecified atom stereocenters. The number of ketones is 3. The number of piperidine rings is 3. The maximum atomic E-state index is 14.4. The summed E-state index contributed by atoms with van der Waals surface area (Å²) in [6.45, 7) is 55.0. The second-order valence-electron chi connectivity index (χ2n) is 47.6. The molecule has 15 amide bonds. The average molecular weight is 1960 g/mol. The van der Waals surface area contributed by atoms with E-state index in [2.05, 4.69) is 59.7 Å². The normalized spacial score (nSPS) is 23.3. The van der Waals surface area contributed by atoms with E-state index in [1.54, 1.807) is 104 Å². The minimum atomic E-state index is -1.42. The molecule has 137 heavy (non-hydrogen) atoms. The Labute approximate surface area is 817 Å². The van der Waals surface area contributed by atoms with Crippen molar-refractivity contribution in [3.8, 4) is 0 Å². The van der Waals surface area contributed by atoms with Crippen molar-refractivity contribution in [3.63, 3.8) is 0 Å². The average Bonchev–Trinajstić information content (AvgIpc) is 1.53. The Morgan fingerprint density at radius 2 is 0.847 bits per heavy atom. The van der Waals surface area contributed by atoms with Crippen molar-refractivity contribution in [1.82, 2.24) is 67.9 Å². The number of halogens is 2. The Morgan fingerprint density at radius 1 is 0.467 bits per heavy atom. The third-order valence-corrected chi connectivity index (χ3v) is 28.0. The third kappa shape index (κ3) is 29.8. The molecular formula is C99H155Cl2N15O21. The Bertz CT molecular complexity index is 4710. The number of carbonyl (C=O) groups excluding carboxylic acids is 18. The number of amides is 15. The standard InChI is InChI=1S/C37H55N5O7.C34H57N5O7.C28H43Cl2N5O7/c1-35(2,3)18-25(33(47)49-20-22-13-10-9-11-14-22)40-34(48)41-29(36(4,5)6)32(46)42-19-23-26(37(23,7)8)27(42)31(45)39-24(28(43)30(38)44)17-21-15-12-16-21;1-14-16-20(23(40)27(42)35-17-15-2)36-26(41)22-21-19(34(21,12)13)18-39(22)28(43)24(31(3,4)5)37-30(45)38-25(32(6,7)8)29(44)46-33(9,10)11;1-25(2,3)19(33-24(41)34-27(7,8)23(40)42-26(4,5)6)22(39)35-12-14-16(28(14,29)30)17(35)21(38)32-15(11-13-9-10-13)18(36)20(31)37/h9-11,13-14,21,23-27,29H,12,15-20H2,1-8H3,(H2,38,44)(H,39,45)(H2,40,41,48);15,19-22,24-25H,2,14,16-18H2,1,3-13H3,(H,35,42)(H,36,41)(H2,37,38,45);13-17,19H,9-12H2,1-8H3,(H2,31,37)(H,32,38)(H2,33,34,41)/t23-,24?,25-,26-,27-,29+;19-,20?,21-,22-,24+,25+;14-,15?,16-,17-,19+/m000/s1. The van der Waals surface area contributed by atoms with E-state index in [9.17, 15) is 86.3 Å². The molecule has 5 aliphatic carbocycles. The van der Waals surface area contributed by atoms with E-state index in [1.165, 1.54) is 34.6 Å². The van der Waals surface area contributed by atoms with Gasteiger partial charge in [-0.25, -0.2) is 28.8 Å². The first-order valence-corrected chi connectivity index (χ1v) is 48.5. The molecule has 36 nitrogen and oxygen atoms in total. The van der Waals surface area contributed by atoms with Gasteiger partial charge < -0.3 is 93.5 Å². The van der Waals surface area contributed by atoms with Crippen LogP contribution < -0.4 is 64.6 Å². The largest absolute Gasteiger partial charge is 0.459 e. The molecule has 1 aromatic carbocycles. The van der Waals surface area contributed by atoms with Gasteiger partial charge in [-0.1, -0.05) is 213 Å². The van der Waals surface area contributed by atoms with E-state index in [-0.39, 0.29) is 84.3 Å². The predicted octanol–water partition coefficient (Wildman–Crippen LogP) is 8.35. The summed E-state index contributed by atoms with van der Waals surface area (Å²) in [5, 5.41) is 26.9. The molecular weight excluding hydrogens is 1810 g/mol. The highest BCUT2D eigenvalue weighted by molar-refractivity contribution is 6.51. The number of nitrogens with zero attached hydrogens (tertiary/aromatic N) is 3. The monoisotopic (exact) mass is 1960 g/mol. The van der Waals surface area contributed by atoms with Crippen molar-refractivity contribution in [2.45, 2.75) is 352 Å². The van der Waals surface area contributed by atoms with Crippen molar-refractivity contribution >= 4 is 130 Å². The molecule has 8 aliphatic rings. The molecule has 38 heteroatoms. The quantitative estimate of drug-likeness (QED) is 0.00998. The van der Waals surface area contributed by atoms with Crippen LogP contribution in [0.3, 0.4) is 0 Å². The van der Waals surface area contributed by atoms with Gasteiger partial charge in [-0.05, 0) is 160 Å². The van der Waals surface area contributed by atoms with Crippen LogP contribution in [0.5, 0.6) is 0 Å². The van der Waals surface area contributed by atoms with E-state index in [0.29, 0.717) is 32.4 Å². The molecule has 3 heterocycles. The molecule has 3 saturated heterocycles. The fourth-order valence-corrected chi connectivity index (χ4v) is 19.5. The smallest absolute Gasteiger partial charge is 0.331 e. The fourth-order valence-electron chi connectivity index (χ4n) is 18.7. The van der Waals surface area contributed by atoms with E-state index in [4.69, 9.17) is 48.9 Å². The second kappa shape index (κ2) is 43.4. The van der Waals surface area contributed by atoms with Crippen molar-refractivity contribution in [2.24, 2.45) is 96.7 Å². The minimum Gasteiger partial charge on any atom is -0.459 e. The van der Waals surface area contributed by atoms with Crippen LogP contribution in [0.25, 0.3) is 0 Å². The van der Waals surface area contributed by atoms with E-state index in [1.807, 2.05) is 106 Å². The van der Waals surface area contributed by atoms with Crippen LogP contribution in [-0.4, -0.2) is 235 Å². The number of primary amides is 2. The first-order valence-electron chi connectivity index (χ1n) is 47.8. The Kier molecular flexibility index (Phi) is 36.1. The molecule has 0 radical (unpaired) electrons. The number of hydrogen-bond acceptors (Lipinski definition) is 21. The number of fused-ring (bicyclic) bond motifs is 3. The lowest BCUT2D eigenvalue weighted by Gasteiger charge is -2.38. The van der Waals surface area contributed by atoms with E-state index < -0.39 is 228 Å². The number of likely N-dealkylation sites (tertiary alicyclic amines) is 3. The van der Waals surface area contributed by atoms with E-state index >= 15 is 0 Å². The summed E-state index contributed by atoms with van der Waals surface area (Å²) in [5.74, 6) is -11.4. The van der Waals surface area contributed by atoms with Gasteiger partial charge in [0.25, 0.3) is 17.7 Å². The summed E-state index contributed by atoms with van der Waals surface area (Å²) >= 11 is 12.9. The number of benzene rings is 1. The molecule has 14 N–H and O–H groups in total. The molecule has 766 valence electrons. The molecule has 17 atom stereocenters. The van der Waals surface area contributed by atoms with Crippen LogP contribution in [0.1, 0.15) is 264 Å². The first-order chi connectivity index (χ1) is 62.5.